The maximum Gasteiger partial charge on any atom is 0.261 e. The second kappa shape index (κ2) is 13.4. The number of amides is 6. The smallest absolute Gasteiger partial charge is 0.261 e. The molecule has 6 rings (SSSR count). The van der Waals surface area contributed by atoms with E-state index in [0.29, 0.717) is 33.4 Å². The molecule has 0 aliphatic carbocycles. The summed E-state index contributed by atoms with van der Waals surface area (Å²) < 4.78 is 17.8. The van der Waals surface area contributed by atoms with Gasteiger partial charge in [-0.1, -0.05) is 43.3 Å². The van der Waals surface area contributed by atoms with Crippen LogP contribution < -0.4 is 0 Å². The van der Waals surface area contributed by atoms with Gasteiger partial charge in [-0.15, -0.1) is 0 Å². The highest BCUT2D eigenvalue weighted by Crippen LogP contribution is 2.25. The molecule has 0 saturated heterocycles. The normalized spacial score (nSPS) is 15.6. The van der Waals surface area contributed by atoms with Crippen molar-refractivity contribution in [3.63, 3.8) is 0 Å². The average Bonchev–Trinajstić information content (AvgIpc) is 3.59. The Hall–Kier alpha value is -5.04. The lowest BCUT2D eigenvalue weighted by atomic mass is 9.94. The van der Waals surface area contributed by atoms with Gasteiger partial charge in [0.05, 0.1) is 92.7 Å². The van der Waals surface area contributed by atoms with Crippen molar-refractivity contribution in [3.05, 3.63) is 106 Å². The van der Waals surface area contributed by atoms with Crippen LogP contribution in [-0.4, -0.2) is 109 Å². The Bertz CT molecular complexity index is 1460. The minimum Gasteiger partial charge on any atom is -0.379 e. The SMILES string of the molecule is CC(COCCN1C(=O)c2ccccc2C1=O)(COCCN1C(=O)c2ccccc2C1=O)COCCN1C(=O)c2ccccc2C1=O. The molecule has 0 aromatic heterocycles. The zero-order valence-corrected chi connectivity index (χ0v) is 25.8. The summed E-state index contributed by atoms with van der Waals surface area (Å²) >= 11 is 0. The molecule has 3 aliphatic heterocycles. The molecule has 242 valence electrons. The molecular weight excluding hydrogens is 606 g/mol. The van der Waals surface area contributed by atoms with E-state index in [-0.39, 0.29) is 94.7 Å². The van der Waals surface area contributed by atoms with Crippen LogP contribution in [0.3, 0.4) is 0 Å². The molecule has 3 aliphatic rings. The van der Waals surface area contributed by atoms with Crippen molar-refractivity contribution in [1.29, 1.82) is 0 Å². The standard InChI is InChI=1S/C35H33N3O9/c1-35(20-45-17-14-36-29(39)23-8-2-3-9-24(23)30(36)40,21-46-18-15-37-31(41)25-10-4-5-11-26(25)32(37)42)22-47-19-16-38-33(43)27-12-6-7-13-28(27)34(38)44/h2-13H,14-22H2,1H3. The quantitative estimate of drug-likeness (QED) is 0.181. The van der Waals surface area contributed by atoms with E-state index in [9.17, 15) is 28.8 Å². The first-order chi connectivity index (χ1) is 22.7. The predicted octanol–water partition coefficient (Wildman–Crippen LogP) is 2.93. The van der Waals surface area contributed by atoms with Gasteiger partial charge in [-0.2, -0.15) is 0 Å². The third kappa shape index (κ3) is 6.22. The van der Waals surface area contributed by atoms with E-state index in [1.807, 2.05) is 6.92 Å². The second-order valence-corrected chi connectivity index (χ2v) is 11.9. The predicted molar refractivity (Wildman–Crippen MR) is 166 cm³/mol. The summed E-state index contributed by atoms with van der Waals surface area (Å²) in [5, 5.41) is 0. The molecule has 0 unspecified atom stereocenters. The minimum atomic E-state index is -0.744. The first kappa shape index (κ1) is 31.9. The molecule has 0 atom stereocenters. The monoisotopic (exact) mass is 639 g/mol. The zero-order valence-electron chi connectivity index (χ0n) is 25.8. The van der Waals surface area contributed by atoms with Gasteiger partial charge in [0.1, 0.15) is 0 Å². The number of carbonyl (C=O) groups excluding carboxylic acids is 6. The van der Waals surface area contributed by atoms with Crippen LogP contribution in [0.25, 0.3) is 0 Å². The van der Waals surface area contributed by atoms with Crippen LogP contribution in [0.4, 0.5) is 0 Å². The second-order valence-electron chi connectivity index (χ2n) is 11.9. The maximum atomic E-state index is 12.7. The average molecular weight is 640 g/mol. The number of nitrogens with zero attached hydrogens (tertiary/aromatic N) is 3. The highest BCUT2D eigenvalue weighted by molar-refractivity contribution is 6.22. The number of rotatable bonds is 15. The molecule has 0 N–H and O–H groups in total. The number of ether oxygens (including phenoxy) is 3. The van der Waals surface area contributed by atoms with E-state index in [1.165, 1.54) is 0 Å². The first-order valence-corrected chi connectivity index (χ1v) is 15.3. The van der Waals surface area contributed by atoms with Crippen LogP contribution >= 0.6 is 0 Å². The van der Waals surface area contributed by atoms with Gasteiger partial charge < -0.3 is 14.2 Å². The van der Waals surface area contributed by atoms with Crippen LogP contribution in [0.1, 0.15) is 69.1 Å². The molecule has 0 saturated carbocycles. The Morgan fingerprint density at radius 1 is 0.426 bits per heavy atom. The molecule has 3 heterocycles. The van der Waals surface area contributed by atoms with E-state index in [2.05, 4.69) is 0 Å². The Morgan fingerprint density at radius 3 is 0.851 bits per heavy atom. The molecule has 47 heavy (non-hydrogen) atoms. The topological polar surface area (TPSA) is 140 Å². The lowest BCUT2D eigenvalue weighted by molar-refractivity contribution is -0.0627. The molecule has 0 fully saturated rings. The van der Waals surface area contributed by atoms with Crippen molar-refractivity contribution in [2.24, 2.45) is 5.41 Å². The molecule has 0 spiro atoms. The van der Waals surface area contributed by atoms with Crippen molar-refractivity contribution in [2.75, 3.05) is 59.3 Å². The van der Waals surface area contributed by atoms with Gasteiger partial charge in [0.2, 0.25) is 0 Å². The van der Waals surface area contributed by atoms with Crippen LogP contribution in [0, 0.1) is 5.41 Å². The highest BCUT2D eigenvalue weighted by atomic mass is 16.5. The zero-order chi connectivity index (χ0) is 33.1. The lowest BCUT2D eigenvalue weighted by Crippen LogP contribution is -2.39. The third-order valence-electron chi connectivity index (χ3n) is 8.36. The van der Waals surface area contributed by atoms with Crippen LogP contribution in [0.5, 0.6) is 0 Å². The molecule has 0 radical (unpaired) electrons. The van der Waals surface area contributed by atoms with E-state index >= 15 is 0 Å². The van der Waals surface area contributed by atoms with Crippen LogP contribution in [-0.2, 0) is 14.2 Å². The Balaban J connectivity index is 1.02. The van der Waals surface area contributed by atoms with Gasteiger partial charge in [0.15, 0.2) is 0 Å². The van der Waals surface area contributed by atoms with Crippen molar-refractivity contribution >= 4 is 35.4 Å². The third-order valence-corrected chi connectivity index (χ3v) is 8.36. The summed E-state index contributed by atoms with van der Waals surface area (Å²) in [4.78, 5) is 79.7. The summed E-state index contributed by atoms with van der Waals surface area (Å²) in [6, 6.07) is 19.9. The molecular formula is C35H33N3O9. The fraction of sp³-hybridized carbons (Fsp3) is 0.314. The fourth-order valence-corrected chi connectivity index (χ4v) is 5.87. The van der Waals surface area contributed by atoms with E-state index in [4.69, 9.17) is 14.2 Å². The summed E-state index contributed by atoms with van der Waals surface area (Å²) in [6.07, 6.45) is 0. The number of imide groups is 3. The van der Waals surface area contributed by atoms with Crippen molar-refractivity contribution in [3.8, 4) is 0 Å². The maximum absolute atomic E-state index is 12.7. The van der Waals surface area contributed by atoms with Crippen molar-refractivity contribution in [2.45, 2.75) is 6.92 Å². The number of hydrogen-bond acceptors (Lipinski definition) is 9. The molecule has 12 heteroatoms. The first-order valence-electron chi connectivity index (χ1n) is 15.3. The summed E-state index contributed by atoms with van der Waals surface area (Å²) in [5.74, 6) is -2.22. The van der Waals surface area contributed by atoms with Crippen LogP contribution in [0.2, 0.25) is 0 Å². The van der Waals surface area contributed by atoms with Gasteiger partial charge >= 0.3 is 0 Å². The van der Waals surface area contributed by atoms with Crippen LogP contribution in [0.15, 0.2) is 72.8 Å². The van der Waals surface area contributed by atoms with Gasteiger partial charge in [0.25, 0.3) is 35.4 Å². The van der Waals surface area contributed by atoms with Crippen molar-refractivity contribution < 1.29 is 43.0 Å². The molecule has 3 aromatic rings. The van der Waals surface area contributed by atoms with Gasteiger partial charge in [0, 0.05) is 5.41 Å². The summed E-state index contributed by atoms with van der Waals surface area (Å²) in [7, 11) is 0. The Kier molecular flexibility index (Phi) is 9.08. The number of carbonyl (C=O) groups is 6. The van der Waals surface area contributed by atoms with E-state index in [1.54, 1.807) is 72.8 Å². The molecule has 0 bridgehead atoms. The fourth-order valence-electron chi connectivity index (χ4n) is 5.87. The van der Waals surface area contributed by atoms with E-state index in [0.717, 1.165) is 14.7 Å². The largest absolute Gasteiger partial charge is 0.379 e. The molecule has 12 nitrogen and oxygen atoms in total. The van der Waals surface area contributed by atoms with Gasteiger partial charge in [-0.3, -0.25) is 43.5 Å². The Labute approximate surface area is 270 Å². The summed E-state index contributed by atoms with van der Waals surface area (Å²) in [5.41, 5.74) is 1.42. The Morgan fingerprint density at radius 2 is 0.638 bits per heavy atom. The van der Waals surface area contributed by atoms with Crippen molar-refractivity contribution in [1.82, 2.24) is 14.7 Å². The molecule has 3 aromatic carbocycles. The lowest BCUT2D eigenvalue weighted by Gasteiger charge is -2.30. The van der Waals surface area contributed by atoms with E-state index < -0.39 is 5.41 Å². The highest BCUT2D eigenvalue weighted by Gasteiger charge is 2.37. The minimum absolute atomic E-state index is 0.0592. The number of benzene rings is 3. The molecule has 6 amide bonds. The number of fused-ring (bicyclic) bond motifs is 3. The van der Waals surface area contributed by atoms with Gasteiger partial charge in [-0.05, 0) is 36.4 Å². The summed E-state index contributed by atoms with van der Waals surface area (Å²) in [6.45, 7) is 2.62. The van der Waals surface area contributed by atoms with Gasteiger partial charge in [-0.25, -0.2) is 0 Å². The number of hydrogen-bond donors (Lipinski definition) is 0.